The highest BCUT2D eigenvalue weighted by Crippen LogP contribution is 2.28. The second kappa shape index (κ2) is 6.51. The van der Waals surface area contributed by atoms with Gasteiger partial charge >= 0.3 is 5.97 Å². The van der Waals surface area contributed by atoms with E-state index in [2.05, 4.69) is 0 Å². The van der Waals surface area contributed by atoms with Crippen LogP contribution in [0.1, 0.15) is 41.0 Å². The van der Waals surface area contributed by atoms with Gasteiger partial charge in [-0.25, -0.2) is 0 Å². The molecule has 0 bridgehead atoms. The van der Waals surface area contributed by atoms with E-state index in [0.29, 0.717) is 23.3 Å². The Balaban J connectivity index is 1.66. The van der Waals surface area contributed by atoms with Gasteiger partial charge in [-0.05, 0) is 44.5 Å². The number of rotatable bonds is 5. The van der Waals surface area contributed by atoms with E-state index < -0.39 is 11.4 Å². The van der Waals surface area contributed by atoms with Gasteiger partial charge in [-0.3, -0.25) is 19.3 Å². The molecule has 0 atom stereocenters. The highest BCUT2D eigenvalue weighted by molar-refractivity contribution is 6.21. The van der Waals surface area contributed by atoms with Crippen LogP contribution in [0.5, 0.6) is 5.75 Å². The molecule has 0 aromatic heterocycles. The maximum Gasteiger partial charge on any atom is 0.316 e. The van der Waals surface area contributed by atoms with Gasteiger partial charge in [-0.2, -0.15) is 0 Å². The van der Waals surface area contributed by atoms with Gasteiger partial charge in [0.15, 0.2) is 0 Å². The molecule has 5 nitrogen and oxygen atoms in total. The molecule has 2 amide bonds. The van der Waals surface area contributed by atoms with Crippen LogP contribution in [0.4, 0.5) is 0 Å². The smallest absolute Gasteiger partial charge is 0.316 e. The number of amides is 2. The van der Waals surface area contributed by atoms with Gasteiger partial charge in [-0.1, -0.05) is 30.3 Å². The average molecular weight is 337 g/mol. The zero-order valence-electron chi connectivity index (χ0n) is 14.2. The Morgan fingerprint density at radius 3 is 2.00 bits per heavy atom. The summed E-state index contributed by atoms with van der Waals surface area (Å²) in [5, 5.41) is 0. The largest absolute Gasteiger partial charge is 0.426 e. The summed E-state index contributed by atoms with van der Waals surface area (Å²) in [6.45, 7) is 3.66. The number of hydrogen-bond donors (Lipinski definition) is 0. The number of imide groups is 1. The van der Waals surface area contributed by atoms with E-state index in [4.69, 9.17) is 4.74 Å². The zero-order chi connectivity index (χ0) is 18.0. The number of carbonyl (C=O) groups excluding carboxylic acids is 3. The topological polar surface area (TPSA) is 63.7 Å². The first-order valence-electron chi connectivity index (χ1n) is 8.13. The maximum absolute atomic E-state index is 12.4. The van der Waals surface area contributed by atoms with E-state index >= 15 is 0 Å². The molecular weight excluding hydrogens is 318 g/mol. The van der Waals surface area contributed by atoms with Gasteiger partial charge in [-0.15, -0.1) is 0 Å². The molecule has 0 unspecified atom stereocenters. The zero-order valence-corrected chi connectivity index (χ0v) is 14.2. The first-order valence-corrected chi connectivity index (χ1v) is 8.13. The van der Waals surface area contributed by atoms with Crippen molar-refractivity contribution in [2.45, 2.75) is 20.3 Å². The van der Waals surface area contributed by atoms with Crippen LogP contribution in [-0.4, -0.2) is 29.2 Å². The summed E-state index contributed by atoms with van der Waals surface area (Å²) >= 11 is 0. The average Bonchev–Trinajstić information content (AvgIpc) is 2.85. The molecule has 3 rings (SSSR count). The molecule has 2 aromatic carbocycles. The lowest BCUT2D eigenvalue weighted by Gasteiger charge is -2.24. The van der Waals surface area contributed by atoms with Gasteiger partial charge in [0.2, 0.25) is 0 Å². The van der Waals surface area contributed by atoms with Crippen molar-refractivity contribution in [2.75, 3.05) is 6.54 Å². The fourth-order valence-corrected chi connectivity index (χ4v) is 2.67. The molecule has 25 heavy (non-hydrogen) atoms. The van der Waals surface area contributed by atoms with Gasteiger partial charge in [0.25, 0.3) is 11.8 Å². The molecule has 0 aliphatic carbocycles. The molecular formula is C20H19NO4. The number of nitrogens with zero attached hydrogens (tertiary/aromatic N) is 1. The van der Waals surface area contributed by atoms with Crippen molar-refractivity contribution in [1.29, 1.82) is 0 Å². The van der Waals surface area contributed by atoms with Crippen LogP contribution in [0.15, 0.2) is 54.6 Å². The summed E-state index contributed by atoms with van der Waals surface area (Å²) in [4.78, 5) is 38.4. The molecule has 5 heteroatoms. The number of benzene rings is 2. The molecule has 0 fully saturated rings. The summed E-state index contributed by atoms with van der Waals surface area (Å²) in [6, 6.07) is 15.6. The number of hydrogen-bond acceptors (Lipinski definition) is 4. The molecule has 2 aromatic rings. The monoisotopic (exact) mass is 337 g/mol. The van der Waals surface area contributed by atoms with Crippen LogP contribution in [0.3, 0.4) is 0 Å². The number of esters is 1. The molecule has 0 saturated heterocycles. The van der Waals surface area contributed by atoms with Crippen LogP contribution in [0.25, 0.3) is 0 Å². The second-order valence-electron chi connectivity index (χ2n) is 6.64. The van der Waals surface area contributed by atoms with Crippen LogP contribution in [0.2, 0.25) is 0 Å². The lowest BCUT2D eigenvalue weighted by Crippen LogP contribution is -2.37. The quantitative estimate of drug-likeness (QED) is 0.477. The lowest BCUT2D eigenvalue weighted by atomic mass is 9.89. The highest BCUT2D eigenvalue weighted by atomic mass is 16.5. The maximum atomic E-state index is 12.4. The first-order chi connectivity index (χ1) is 11.9. The highest BCUT2D eigenvalue weighted by Gasteiger charge is 2.37. The summed E-state index contributed by atoms with van der Waals surface area (Å²) in [6.07, 6.45) is 0.324. The molecule has 0 radical (unpaired) electrons. The number of carbonyl (C=O) groups is 3. The normalized spacial score (nSPS) is 13.8. The summed E-state index contributed by atoms with van der Waals surface area (Å²) in [7, 11) is 0. The van der Waals surface area contributed by atoms with E-state index in [0.717, 1.165) is 0 Å². The van der Waals surface area contributed by atoms with Crippen LogP contribution in [0, 0.1) is 5.41 Å². The standard InChI is InChI=1S/C20H19NO4/c1-20(2,19(24)25-14-8-4-3-5-9-14)12-13-21-17(22)15-10-6-7-11-16(15)18(21)23/h3-11H,12-13H2,1-2H3. The number of ether oxygens (including phenoxy) is 1. The molecule has 1 aliphatic heterocycles. The Bertz CT molecular complexity index is 792. The molecule has 1 aliphatic rings. The second-order valence-corrected chi connectivity index (χ2v) is 6.64. The van der Waals surface area contributed by atoms with E-state index in [1.807, 2.05) is 6.07 Å². The van der Waals surface area contributed by atoms with Crippen LogP contribution >= 0.6 is 0 Å². The molecule has 0 spiro atoms. The SMILES string of the molecule is CC(C)(CCN1C(=O)c2ccccc2C1=O)C(=O)Oc1ccccc1. The molecule has 1 heterocycles. The third-order valence-electron chi connectivity index (χ3n) is 4.34. The van der Waals surface area contributed by atoms with Gasteiger partial charge < -0.3 is 4.74 Å². The Labute approximate surface area is 146 Å². The van der Waals surface area contributed by atoms with Crippen molar-refractivity contribution in [1.82, 2.24) is 4.90 Å². The number of para-hydroxylation sites is 1. The van der Waals surface area contributed by atoms with Crippen LogP contribution < -0.4 is 4.74 Å². The lowest BCUT2D eigenvalue weighted by molar-refractivity contribution is -0.144. The Morgan fingerprint density at radius 2 is 1.44 bits per heavy atom. The summed E-state index contributed by atoms with van der Waals surface area (Å²) in [5.74, 6) is -0.544. The van der Waals surface area contributed by atoms with Gasteiger partial charge in [0.05, 0.1) is 16.5 Å². The third kappa shape index (κ3) is 3.31. The molecule has 0 saturated carbocycles. The van der Waals surface area contributed by atoms with Crippen molar-refractivity contribution in [3.8, 4) is 5.75 Å². The minimum atomic E-state index is -0.828. The number of fused-ring (bicyclic) bond motifs is 1. The van der Waals surface area contributed by atoms with E-state index in [1.54, 1.807) is 62.4 Å². The summed E-state index contributed by atoms with van der Waals surface area (Å²) in [5.41, 5.74) is -0.000109. The van der Waals surface area contributed by atoms with Crippen molar-refractivity contribution >= 4 is 17.8 Å². The minimum absolute atomic E-state index is 0.170. The third-order valence-corrected chi connectivity index (χ3v) is 4.34. The Morgan fingerprint density at radius 1 is 0.920 bits per heavy atom. The predicted octanol–water partition coefficient (Wildman–Crippen LogP) is 3.30. The predicted molar refractivity (Wildman–Crippen MR) is 92.3 cm³/mol. The van der Waals surface area contributed by atoms with Crippen LogP contribution in [-0.2, 0) is 4.79 Å². The van der Waals surface area contributed by atoms with Crippen molar-refractivity contribution in [2.24, 2.45) is 5.41 Å². The minimum Gasteiger partial charge on any atom is -0.426 e. The Hall–Kier alpha value is -2.95. The van der Waals surface area contributed by atoms with Gasteiger partial charge in [0, 0.05) is 6.54 Å². The van der Waals surface area contributed by atoms with E-state index in [9.17, 15) is 14.4 Å². The van der Waals surface area contributed by atoms with Crippen molar-refractivity contribution in [3.05, 3.63) is 65.7 Å². The van der Waals surface area contributed by atoms with E-state index in [1.165, 1.54) is 4.90 Å². The molecule has 128 valence electrons. The summed E-state index contributed by atoms with van der Waals surface area (Å²) < 4.78 is 5.38. The fraction of sp³-hybridized carbons (Fsp3) is 0.250. The fourth-order valence-electron chi connectivity index (χ4n) is 2.67. The first kappa shape index (κ1) is 16.9. The Kier molecular flexibility index (Phi) is 4.40. The van der Waals surface area contributed by atoms with Gasteiger partial charge in [0.1, 0.15) is 5.75 Å². The molecule has 0 N–H and O–H groups in total. The van der Waals surface area contributed by atoms with Crippen molar-refractivity contribution in [3.63, 3.8) is 0 Å². The van der Waals surface area contributed by atoms with E-state index in [-0.39, 0.29) is 18.4 Å². The van der Waals surface area contributed by atoms with Crippen molar-refractivity contribution < 1.29 is 19.1 Å².